The van der Waals surface area contributed by atoms with E-state index in [1.807, 2.05) is 35.2 Å². The van der Waals surface area contributed by atoms with E-state index < -0.39 is 0 Å². The summed E-state index contributed by atoms with van der Waals surface area (Å²) in [6, 6.07) is 4.11. The number of amides is 1. The van der Waals surface area contributed by atoms with Crippen molar-refractivity contribution < 1.29 is 4.79 Å². The third-order valence-electron chi connectivity index (χ3n) is 4.46. The van der Waals surface area contributed by atoms with Gasteiger partial charge >= 0.3 is 0 Å². The van der Waals surface area contributed by atoms with Crippen LogP contribution < -0.4 is 5.43 Å². The minimum atomic E-state index is -0.0329. The molecule has 3 aliphatic heterocycles. The Bertz CT molecular complexity index is 704. The third kappa shape index (κ3) is 2.66. The van der Waals surface area contributed by atoms with Crippen molar-refractivity contribution in [1.29, 1.82) is 0 Å². The highest BCUT2D eigenvalue weighted by molar-refractivity contribution is 7.10. The number of hydrogen-bond donors (Lipinski definition) is 1. The number of hydrazone groups is 1. The van der Waals surface area contributed by atoms with Crippen molar-refractivity contribution in [2.45, 2.75) is 19.0 Å². The first-order valence-electron chi connectivity index (χ1n) is 8.14. The summed E-state index contributed by atoms with van der Waals surface area (Å²) in [7, 11) is 1.95. The van der Waals surface area contributed by atoms with Crippen LogP contribution in [-0.2, 0) is 4.79 Å². The maximum atomic E-state index is 12.2. The number of nitrogens with zero attached hydrogens (tertiary/aromatic N) is 5. The smallest absolute Gasteiger partial charge is 0.244 e. The van der Waals surface area contributed by atoms with E-state index in [-0.39, 0.29) is 18.6 Å². The predicted octanol–water partition coefficient (Wildman–Crippen LogP) is 1.40. The molecule has 3 aliphatic rings. The molecule has 1 aromatic heterocycles. The van der Waals surface area contributed by atoms with E-state index in [9.17, 15) is 4.79 Å². The number of carbonyl (C=O) groups excluding carboxylic acids is 1. The van der Waals surface area contributed by atoms with Gasteiger partial charge in [-0.15, -0.1) is 11.3 Å². The zero-order valence-electron chi connectivity index (χ0n) is 13.6. The summed E-state index contributed by atoms with van der Waals surface area (Å²) in [5.74, 6) is 1.73. The Morgan fingerprint density at radius 1 is 1.42 bits per heavy atom. The topological polar surface area (TPSA) is 63.5 Å². The van der Waals surface area contributed by atoms with E-state index >= 15 is 0 Å². The second-order valence-electron chi connectivity index (χ2n) is 5.98. The first kappa shape index (κ1) is 15.2. The van der Waals surface area contributed by atoms with Gasteiger partial charge in [-0.2, -0.15) is 5.10 Å². The summed E-state index contributed by atoms with van der Waals surface area (Å²) < 4.78 is 0. The Labute approximate surface area is 144 Å². The molecule has 24 heavy (non-hydrogen) atoms. The lowest BCUT2D eigenvalue weighted by atomic mass is 10.3. The molecule has 0 saturated carbocycles. The Hall–Kier alpha value is -2.35. The number of hydrazine groups is 1. The quantitative estimate of drug-likeness (QED) is 0.900. The van der Waals surface area contributed by atoms with Crippen LogP contribution in [0.5, 0.6) is 0 Å². The van der Waals surface area contributed by atoms with Gasteiger partial charge in [-0.25, -0.2) is 5.01 Å². The lowest BCUT2D eigenvalue weighted by Crippen LogP contribution is -2.49. The second-order valence-corrected chi connectivity index (χ2v) is 6.96. The molecular weight excluding hydrogens is 324 g/mol. The molecule has 1 saturated heterocycles. The first-order valence-corrected chi connectivity index (χ1v) is 9.02. The molecule has 0 aliphatic carbocycles. The number of nitrogens with one attached hydrogen (secondary N) is 1. The molecule has 7 nitrogen and oxygen atoms in total. The summed E-state index contributed by atoms with van der Waals surface area (Å²) in [5, 5.41) is 10.5. The summed E-state index contributed by atoms with van der Waals surface area (Å²) in [5.41, 5.74) is 3.16. The fourth-order valence-corrected chi connectivity index (χ4v) is 3.93. The van der Waals surface area contributed by atoms with Gasteiger partial charge in [0.25, 0.3) is 0 Å². The fourth-order valence-electron chi connectivity index (χ4n) is 3.17. The van der Waals surface area contributed by atoms with Crippen LogP contribution in [0, 0.1) is 0 Å². The van der Waals surface area contributed by atoms with Gasteiger partial charge in [-0.05, 0) is 36.4 Å². The van der Waals surface area contributed by atoms with Crippen molar-refractivity contribution in [3.63, 3.8) is 0 Å². The highest BCUT2D eigenvalue weighted by Crippen LogP contribution is 2.29. The lowest BCUT2D eigenvalue weighted by Gasteiger charge is -2.37. The maximum Gasteiger partial charge on any atom is 0.244 e. The van der Waals surface area contributed by atoms with Gasteiger partial charge in [0.15, 0.2) is 12.0 Å². The molecule has 1 unspecified atom stereocenters. The number of likely N-dealkylation sites (N-methyl/N-ethyl adjacent to an activating group) is 1. The Morgan fingerprint density at radius 2 is 2.25 bits per heavy atom. The molecule has 4 heterocycles. The van der Waals surface area contributed by atoms with E-state index in [1.165, 1.54) is 4.88 Å². The summed E-state index contributed by atoms with van der Waals surface area (Å²) in [6.45, 7) is 1.92. The molecule has 0 bridgehead atoms. The number of hydrogen-bond acceptors (Lipinski definition) is 6. The predicted molar refractivity (Wildman–Crippen MR) is 94.5 cm³/mol. The molecule has 0 spiro atoms. The highest BCUT2D eigenvalue weighted by atomic mass is 32.1. The summed E-state index contributed by atoms with van der Waals surface area (Å²) >= 11 is 1.69. The van der Waals surface area contributed by atoms with Crippen molar-refractivity contribution in [3.8, 4) is 0 Å². The van der Waals surface area contributed by atoms with Crippen molar-refractivity contribution in [2.75, 3.05) is 26.7 Å². The van der Waals surface area contributed by atoms with Crippen LogP contribution in [0.25, 0.3) is 0 Å². The van der Waals surface area contributed by atoms with Gasteiger partial charge in [-0.3, -0.25) is 20.2 Å². The van der Waals surface area contributed by atoms with Crippen LogP contribution in [0.4, 0.5) is 0 Å². The van der Waals surface area contributed by atoms with Crippen LogP contribution in [0.1, 0.15) is 23.9 Å². The zero-order valence-corrected chi connectivity index (χ0v) is 14.4. The molecule has 1 fully saturated rings. The largest absolute Gasteiger partial charge is 0.341 e. The molecule has 1 amide bonds. The fraction of sp³-hybridized carbons (Fsp3) is 0.438. The first-order chi connectivity index (χ1) is 11.7. The minimum absolute atomic E-state index is 0.0329. The SMILES string of the molecule is CN1C(=NCC(=O)N2CCCC2)C=CC2=NNC(c3cccs3)N21. The van der Waals surface area contributed by atoms with E-state index in [0.717, 1.165) is 37.6 Å². The van der Waals surface area contributed by atoms with Crippen LogP contribution >= 0.6 is 11.3 Å². The Balaban J connectivity index is 1.50. The standard InChI is InChI=1S/C16H20N6OS/c1-20-13(17-11-15(23)21-8-2-3-9-21)6-7-14-18-19-16(22(14)20)12-5-4-10-24-12/h4-7,10,16,19H,2-3,8-9,11H2,1H3. The monoisotopic (exact) mass is 344 g/mol. The Morgan fingerprint density at radius 3 is 3.00 bits per heavy atom. The van der Waals surface area contributed by atoms with Crippen molar-refractivity contribution in [3.05, 3.63) is 34.5 Å². The number of rotatable bonds is 3. The van der Waals surface area contributed by atoms with Gasteiger partial charge in [-0.1, -0.05) is 6.07 Å². The number of amidine groups is 2. The van der Waals surface area contributed by atoms with Crippen LogP contribution in [0.2, 0.25) is 0 Å². The van der Waals surface area contributed by atoms with E-state index in [1.54, 1.807) is 11.3 Å². The molecule has 1 atom stereocenters. The normalized spacial score (nSPS) is 24.4. The van der Waals surface area contributed by atoms with Gasteiger partial charge in [0.05, 0.1) is 4.88 Å². The summed E-state index contributed by atoms with van der Waals surface area (Å²) in [6.07, 6.45) is 6.01. The molecule has 1 N–H and O–H groups in total. The van der Waals surface area contributed by atoms with Crippen LogP contribution in [0.15, 0.2) is 39.8 Å². The minimum Gasteiger partial charge on any atom is -0.341 e. The van der Waals surface area contributed by atoms with E-state index in [4.69, 9.17) is 0 Å². The van der Waals surface area contributed by atoms with Gasteiger partial charge < -0.3 is 4.90 Å². The molecule has 1 aromatic rings. The molecule has 8 heteroatoms. The van der Waals surface area contributed by atoms with E-state index in [2.05, 4.69) is 32.0 Å². The number of carbonyl (C=O) groups is 1. The lowest BCUT2D eigenvalue weighted by molar-refractivity contribution is -0.128. The van der Waals surface area contributed by atoms with Gasteiger partial charge in [0, 0.05) is 20.1 Å². The van der Waals surface area contributed by atoms with Crippen molar-refractivity contribution >= 4 is 28.9 Å². The molecular formula is C16H20N6OS. The van der Waals surface area contributed by atoms with Crippen molar-refractivity contribution in [2.24, 2.45) is 10.1 Å². The van der Waals surface area contributed by atoms with E-state index in [0.29, 0.717) is 0 Å². The average Bonchev–Trinajstić information content (AvgIpc) is 3.32. The molecule has 0 aromatic carbocycles. The molecule has 126 valence electrons. The number of fused-ring (bicyclic) bond motifs is 1. The zero-order chi connectivity index (χ0) is 16.5. The number of aliphatic imine (C=N–C) groups is 1. The highest BCUT2D eigenvalue weighted by Gasteiger charge is 2.35. The van der Waals surface area contributed by atoms with Crippen molar-refractivity contribution in [1.82, 2.24) is 20.3 Å². The maximum absolute atomic E-state index is 12.2. The Kier molecular flexibility index (Phi) is 3.97. The van der Waals surface area contributed by atoms with Crippen LogP contribution in [-0.4, -0.2) is 59.2 Å². The van der Waals surface area contributed by atoms with Gasteiger partial charge in [0.1, 0.15) is 12.4 Å². The van der Waals surface area contributed by atoms with Crippen LogP contribution in [0.3, 0.4) is 0 Å². The average molecular weight is 344 g/mol. The third-order valence-corrected chi connectivity index (χ3v) is 5.39. The number of thiophene rings is 1. The summed E-state index contributed by atoms with van der Waals surface area (Å²) in [4.78, 5) is 19.8. The molecule has 0 radical (unpaired) electrons. The van der Waals surface area contributed by atoms with Gasteiger partial charge in [0.2, 0.25) is 5.91 Å². The second kappa shape index (κ2) is 6.27. The number of likely N-dealkylation sites (tertiary alicyclic amines) is 1. The molecule has 4 rings (SSSR count).